The van der Waals surface area contributed by atoms with Gasteiger partial charge in [0.2, 0.25) is 0 Å². The highest BCUT2D eigenvalue weighted by atomic mass is 32.2. The summed E-state index contributed by atoms with van der Waals surface area (Å²) in [6.45, 7) is 6.38. The highest BCUT2D eigenvalue weighted by molar-refractivity contribution is 7.92. The van der Waals surface area contributed by atoms with Crippen molar-refractivity contribution in [2.75, 3.05) is 17.9 Å². The van der Waals surface area contributed by atoms with Gasteiger partial charge in [0.15, 0.2) is 0 Å². The van der Waals surface area contributed by atoms with Gasteiger partial charge in [0.05, 0.1) is 11.5 Å². The van der Waals surface area contributed by atoms with Crippen LogP contribution in [-0.2, 0) is 10.0 Å². The summed E-state index contributed by atoms with van der Waals surface area (Å²) in [6.07, 6.45) is 1.62. The normalized spacial score (nSPS) is 10.8. The molecule has 0 radical (unpaired) electrons. The minimum Gasteiger partial charge on any atom is -0.494 e. The lowest BCUT2D eigenvalue weighted by atomic mass is 10.3. The molecule has 6 heteroatoms. The van der Waals surface area contributed by atoms with Gasteiger partial charge in [-0.25, -0.2) is 8.42 Å². The van der Waals surface area contributed by atoms with Gasteiger partial charge in [0, 0.05) is 5.69 Å². The number of benzene rings is 2. The lowest BCUT2D eigenvalue weighted by Crippen LogP contribution is -2.12. The number of nitrogens with one attached hydrogen (secondary N) is 1. The number of sulfonamides is 1. The van der Waals surface area contributed by atoms with Crippen LogP contribution in [0.5, 0.6) is 11.5 Å². The van der Waals surface area contributed by atoms with Gasteiger partial charge in [0.25, 0.3) is 10.0 Å². The van der Waals surface area contributed by atoms with Crippen LogP contribution in [-0.4, -0.2) is 21.6 Å². The molecular formula is C17H19NO4S. The molecule has 5 nitrogen and oxygen atoms in total. The monoisotopic (exact) mass is 333 g/mol. The molecule has 0 amide bonds. The summed E-state index contributed by atoms with van der Waals surface area (Å²) >= 11 is 0. The Labute approximate surface area is 136 Å². The van der Waals surface area contributed by atoms with Gasteiger partial charge >= 0.3 is 0 Å². The van der Waals surface area contributed by atoms with Crippen molar-refractivity contribution in [3.8, 4) is 11.5 Å². The third kappa shape index (κ3) is 4.75. The van der Waals surface area contributed by atoms with Crippen molar-refractivity contribution in [2.24, 2.45) is 0 Å². The summed E-state index contributed by atoms with van der Waals surface area (Å²) in [5, 5.41) is 0. The summed E-state index contributed by atoms with van der Waals surface area (Å²) < 4.78 is 37.9. The highest BCUT2D eigenvalue weighted by Crippen LogP contribution is 2.21. The van der Waals surface area contributed by atoms with E-state index in [9.17, 15) is 8.42 Å². The van der Waals surface area contributed by atoms with E-state index in [0.717, 1.165) is 0 Å². The molecule has 1 N–H and O–H groups in total. The standard InChI is InChI=1S/C17H19NO4S/c1-3-13-22-16-9-11-17(12-10-16)23(19,20)18-14-5-7-15(8-6-14)21-4-2/h3,5-12,18H,1,4,13H2,2H3. The first-order chi connectivity index (χ1) is 11.0. The number of anilines is 1. The minimum atomic E-state index is -3.64. The van der Waals surface area contributed by atoms with E-state index >= 15 is 0 Å². The molecule has 122 valence electrons. The average molecular weight is 333 g/mol. The molecule has 2 aromatic carbocycles. The Hall–Kier alpha value is -2.47. The molecular weight excluding hydrogens is 314 g/mol. The van der Waals surface area contributed by atoms with Gasteiger partial charge in [0.1, 0.15) is 18.1 Å². The second kappa shape index (κ2) is 7.69. The van der Waals surface area contributed by atoms with Gasteiger partial charge in [-0.1, -0.05) is 12.7 Å². The molecule has 0 saturated heterocycles. The van der Waals surface area contributed by atoms with Crippen LogP contribution in [0.2, 0.25) is 0 Å². The van der Waals surface area contributed by atoms with Gasteiger partial charge < -0.3 is 9.47 Å². The van der Waals surface area contributed by atoms with Crippen LogP contribution in [0.1, 0.15) is 6.92 Å². The zero-order valence-corrected chi connectivity index (χ0v) is 13.7. The molecule has 0 saturated carbocycles. The van der Waals surface area contributed by atoms with Gasteiger partial charge in [-0.05, 0) is 55.5 Å². The van der Waals surface area contributed by atoms with E-state index in [1.807, 2.05) is 6.92 Å². The second-order valence-electron chi connectivity index (χ2n) is 4.63. The zero-order valence-electron chi connectivity index (χ0n) is 12.9. The third-order valence-electron chi connectivity index (χ3n) is 2.92. The predicted molar refractivity (Wildman–Crippen MR) is 90.6 cm³/mol. The smallest absolute Gasteiger partial charge is 0.261 e. The zero-order chi connectivity index (χ0) is 16.7. The Bertz CT molecular complexity index is 737. The van der Waals surface area contributed by atoms with E-state index < -0.39 is 10.0 Å². The van der Waals surface area contributed by atoms with Crippen LogP contribution in [0.4, 0.5) is 5.69 Å². The van der Waals surface area contributed by atoms with Crippen molar-refractivity contribution in [3.63, 3.8) is 0 Å². The third-order valence-corrected chi connectivity index (χ3v) is 4.32. The Morgan fingerprint density at radius 2 is 1.57 bits per heavy atom. The maximum absolute atomic E-state index is 12.3. The van der Waals surface area contributed by atoms with Crippen LogP contribution in [0, 0.1) is 0 Å². The van der Waals surface area contributed by atoms with E-state index in [1.165, 1.54) is 12.1 Å². The fraction of sp³-hybridized carbons (Fsp3) is 0.176. The first-order valence-electron chi connectivity index (χ1n) is 7.14. The summed E-state index contributed by atoms with van der Waals surface area (Å²) in [6, 6.07) is 13.0. The lowest BCUT2D eigenvalue weighted by molar-refractivity contribution is 0.340. The first kappa shape index (κ1) is 16.9. The van der Waals surface area contributed by atoms with Crippen LogP contribution >= 0.6 is 0 Å². The molecule has 0 bridgehead atoms. The van der Waals surface area contributed by atoms with Crippen LogP contribution in [0.25, 0.3) is 0 Å². The van der Waals surface area contributed by atoms with E-state index in [2.05, 4.69) is 11.3 Å². The molecule has 0 aliphatic heterocycles. The molecule has 2 aromatic rings. The molecule has 0 unspecified atom stereocenters. The topological polar surface area (TPSA) is 64.6 Å². The van der Waals surface area contributed by atoms with Crippen molar-refractivity contribution in [1.82, 2.24) is 0 Å². The minimum absolute atomic E-state index is 0.164. The Kier molecular flexibility index (Phi) is 5.65. The van der Waals surface area contributed by atoms with Gasteiger partial charge in [-0.2, -0.15) is 0 Å². The fourth-order valence-corrected chi connectivity index (χ4v) is 2.93. The number of hydrogen-bond acceptors (Lipinski definition) is 4. The van der Waals surface area contributed by atoms with Crippen molar-refractivity contribution in [3.05, 3.63) is 61.2 Å². The van der Waals surface area contributed by atoms with Crippen LogP contribution in [0.3, 0.4) is 0 Å². The fourth-order valence-electron chi connectivity index (χ4n) is 1.87. The van der Waals surface area contributed by atoms with Crippen molar-refractivity contribution < 1.29 is 17.9 Å². The molecule has 2 rings (SSSR count). The second-order valence-corrected chi connectivity index (χ2v) is 6.32. The molecule has 23 heavy (non-hydrogen) atoms. The number of ether oxygens (including phenoxy) is 2. The largest absolute Gasteiger partial charge is 0.494 e. The molecule has 0 spiro atoms. The SMILES string of the molecule is C=CCOc1ccc(S(=O)(=O)Nc2ccc(OCC)cc2)cc1. The predicted octanol–water partition coefficient (Wildman–Crippen LogP) is 3.45. The summed E-state index contributed by atoms with van der Waals surface area (Å²) in [5.41, 5.74) is 0.473. The molecule has 0 heterocycles. The van der Waals surface area contributed by atoms with E-state index in [4.69, 9.17) is 9.47 Å². The van der Waals surface area contributed by atoms with Crippen molar-refractivity contribution in [1.29, 1.82) is 0 Å². The van der Waals surface area contributed by atoms with E-state index in [1.54, 1.807) is 42.5 Å². The van der Waals surface area contributed by atoms with Gasteiger partial charge in [-0.3, -0.25) is 4.72 Å². The van der Waals surface area contributed by atoms with Gasteiger partial charge in [-0.15, -0.1) is 0 Å². The molecule has 0 aliphatic rings. The Morgan fingerprint density at radius 3 is 2.13 bits per heavy atom. The van der Waals surface area contributed by atoms with Crippen LogP contribution < -0.4 is 14.2 Å². The summed E-state index contributed by atoms with van der Waals surface area (Å²) in [4.78, 5) is 0.164. The quantitative estimate of drug-likeness (QED) is 0.752. The summed E-state index contributed by atoms with van der Waals surface area (Å²) in [5.74, 6) is 1.28. The maximum Gasteiger partial charge on any atom is 0.261 e. The molecule has 0 atom stereocenters. The van der Waals surface area contributed by atoms with E-state index in [0.29, 0.717) is 30.4 Å². The Balaban J connectivity index is 2.10. The van der Waals surface area contributed by atoms with Crippen LogP contribution in [0.15, 0.2) is 66.1 Å². The van der Waals surface area contributed by atoms with Crippen molar-refractivity contribution >= 4 is 15.7 Å². The summed E-state index contributed by atoms with van der Waals surface area (Å²) in [7, 11) is -3.64. The number of hydrogen-bond donors (Lipinski definition) is 1. The Morgan fingerprint density at radius 1 is 1.00 bits per heavy atom. The maximum atomic E-state index is 12.3. The highest BCUT2D eigenvalue weighted by Gasteiger charge is 2.14. The van der Waals surface area contributed by atoms with Crippen molar-refractivity contribution in [2.45, 2.75) is 11.8 Å². The molecule has 0 aliphatic carbocycles. The molecule has 0 aromatic heterocycles. The van der Waals surface area contributed by atoms with E-state index in [-0.39, 0.29) is 4.90 Å². The average Bonchev–Trinajstić information content (AvgIpc) is 2.55. The number of rotatable bonds is 8. The first-order valence-corrected chi connectivity index (χ1v) is 8.63. The molecule has 0 fully saturated rings. The lowest BCUT2D eigenvalue weighted by Gasteiger charge is -2.10.